The van der Waals surface area contributed by atoms with Crippen molar-refractivity contribution in [1.29, 1.82) is 0 Å². The van der Waals surface area contributed by atoms with E-state index in [0.717, 1.165) is 0 Å². The Bertz CT molecular complexity index is 724. The quantitative estimate of drug-likeness (QED) is 0.472. The van der Waals surface area contributed by atoms with Gasteiger partial charge in [0.05, 0.1) is 6.61 Å². The molecular formula is C20H23F3INO3. The van der Waals surface area contributed by atoms with E-state index in [4.69, 9.17) is 4.74 Å². The van der Waals surface area contributed by atoms with Gasteiger partial charge in [-0.1, -0.05) is 71.1 Å². The average Bonchev–Trinajstić information content (AvgIpc) is 2.71. The lowest BCUT2D eigenvalue weighted by atomic mass is 9.81. The van der Waals surface area contributed by atoms with Gasteiger partial charge in [-0.05, 0) is 22.1 Å². The first-order valence-corrected chi connectivity index (χ1v) is 10.9. The van der Waals surface area contributed by atoms with Gasteiger partial charge in [0.15, 0.2) is 0 Å². The van der Waals surface area contributed by atoms with Crippen LogP contribution in [0, 0.1) is 0 Å². The summed E-state index contributed by atoms with van der Waals surface area (Å²) < 4.78 is 48.0. The Morgan fingerprint density at radius 2 is 1.75 bits per heavy atom. The Hall–Kier alpha value is -1.36. The highest BCUT2D eigenvalue weighted by atomic mass is 127. The molecule has 3 rings (SSSR count). The van der Waals surface area contributed by atoms with Crippen molar-refractivity contribution in [3.8, 4) is 5.75 Å². The molecule has 2 aromatic rings. The van der Waals surface area contributed by atoms with Gasteiger partial charge in [0.2, 0.25) is 0 Å². The molecule has 2 atom stereocenters. The first-order valence-electron chi connectivity index (χ1n) is 8.70. The number of benzene rings is 2. The first-order chi connectivity index (χ1) is 13.4. The van der Waals surface area contributed by atoms with Gasteiger partial charge in [-0.15, -0.1) is 13.2 Å². The molecule has 0 saturated carbocycles. The summed E-state index contributed by atoms with van der Waals surface area (Å²) in [4.78, 5) is 1.97. The van der Waals surface area contributed by atoms with Crippen LogP contribution in [-0.2, 0) is 16.8 Å². The second kappa shape index (κ2) is 10.4. The Kier molecular flexibility index (Phi) is 8.54. The van der Waals surface area contributed by atoms with Gasteiger partial charge < -0.3 is 19.9 Å². The minimum atomic E-state index is -4.80. The summed E-state index contributed by atoms with van der Waals surface area (Å²) in [5.41, 5.74) is -0.666. The standard InChI is InChI=1S/C19H20F3NO3.CH3I/c20-19(21,22)26-16-9-5-4-6-14(16)12-18(24,15-7-2-1-3-8-15)17-13-23-10-11-25-17;1-2/h1-9,17,23-24H,10-13H2;1H3/t17-,18-;/m1./s1. The molecule has 0 radical (unpaired) electrons. The van der Waals surface area contributed by atoms with Gasteiger partial charge in [-0.3, -0.25) is 0 Å². The van der Waals surface area contributed by atoms with Crippen molar-refractivity contribution in [2.45, 2.75) is 24.5 Å². The fraction of sp³-hybridized carbons (Fsp3) is 0.400. The van der Waals surface area contributed by atoms with Crippen molar-refractivity contribution >= 4 is 22.6 Å². The smallest absolute Gasteiger partial charge is 0.406 e. The summed E-state index contributed by atoms with van der Waals surface area (Å²) in [7, 11) is 0. The number of para-hydroxylation sites is 1. The van der Waals surface area contributed by atoms with Gasteiger partial charge in [0.25, 0.3) is 0 Å². The lowest BCUT2D eigenvalue weighted by Gasteiger charge is -2.39. The zero-order valence-corrected chi connectivity index (χ0v) is 17.5. The fourth-order valence-electron chi connectivity index (χ4n) is 3.17. The largest absolute Gasteiger partial charge is 0.573 e. The van der Waals surface area contributed by atoms with Gasteiger partial charge in [-0.2, -0.15) is 0 Å². The van der Waals surface area contributed by atoms with Crippen LogP contribution in [0.15, 0.2) is 54.6 Å². The zero-order chi connectivity index (χ0) is 20.6. The van der Waals surface area contributed by atoms with E-state index in [9.17, 15) is 18.3 Å². The first kappa shape index (κ1) is 22.9. The molecule has 154 valence electrons. The molecule has 0 aliphatic carbocycles. The predicted octanol–water partition coefficient (Wildman–Crippen LogP) is 4.06. The second-order valence-corrected chi connectivity index (χ2v) is 6.19. The third kappa shape index (κ3) is 6.07. The third-order valence-electron chi connectivity index (χ3n) is 4.39. The molecule has 0 spiro atoms. The lowest BCUT2D eigenvalue weighted by molar-refractivity contribution is -0.275. The van der Waals surface area contributed by atoms with Crippen molar-refractivity contribution in [2.24, 2.45) is 0 Å². The number of morpholine rings is 1. The zero-order valence-electron chi connectivity index (χ0n) is 15.4. The van der Waals surface area contributed by atoms with Crippen LogP contribution in [0.4, 0.5) is 13.2 Å². The maximum atomic E-state index is 12.7. The van der Waals surface area contributed by atoms with E-state index in [1.165, 1.54) is 18.2 Å². The molecule has 2 aromatic carbocycles. The normalized spacial score (nSPS) is 19.1. The number of aliphatic hydroxyl groups is 1. The summed E-state index contributed by atoms with van der Waals surface area (Å²) in [5.74, 6) is -0.321. The average molecular weight is 509 g/mol. The molecule has 2 N–H and O–H groups in total. The lowest BCUT2D eigenvalue weighted by Crippen LogP contribution is -2.52. The Morgan fingerprint density at radius 3 is 2.36 bits per heavy atom. The Balaban J connectivity index is 0.00000136. The Morgan fingerprint density at radius 1 is 1.11 bits per heavy atom. The van der Waals surface area contributed by atoms with Crippen LogP contribution in [0.3, 0.4) is 0 Å². The topological polar surface area (TPSA) is 50.7 Å². The number of nitrogens with one attached hydrogen (secondary N) is 1. The Labute approximate surface area is 176 Å². The molecule has 28 heavy (non-hydrogen) atoms. The minimum Gasteiger partial charge on any atom is -0.406 e. The van der Waals surface area contributed by atoms with Crippen molar-refractivity contribution < 1.29 is 27.8 Å². The monoisotopic (exact) mass is 509 g/mol. The van der Waals surface area contributed by atoms with E-state index in [1.807, 2.05) is 11.0 Å². The molecule has 0 unspecified atom stereocenters. The maximum absolute atomic E-state index is 12.7. The second-order valence-electron chi connectivity index (χ2n) is 6.19. The van der Waals surface area contributed by atoms with E-state index >= 15 is 0 Å². The van der Waals surface area contributed by atoms with Crippen molar-refractivity contribution in [1.82, 2.24) is 5.32 Å². The van der Waals surface area contributed by atoms with E-state index in [2.05, 4.69) is 32.6 Å². The van der Waals surface area contributed by atoms with E-state index < -0.39 is 18.1 Å². The number of hydrogen-bond acceptors (Lipinski definition) is 4. The molecule has 1 saturated heterocycles. The molecule has 1 fully saturated rings. The molecule has 1 aliphatic heterocycles. The van der Waals surface area contributed by atoms with Crippen LogP contribution < -0.4 is 10.1 Å². The van der Waals surface area contributed by atoms with Crippen LogP contribution in [0.1, 0.15) is 11.1 Å². The van der Waals surface area contributed by atoms with Crippen LogP contribution in [-0.4, -0.2) is 42.2 Å². The van der Waals surface area contributed by atoms with Crippen molar-refractivity contribution in [3.05, 3.63) is 65.7 Å². The highest BCUT2D eigenvalue weighted by Gasteiger charge is 2.41. The summed E-state index contributed by atoms with van der Waals surface area (Å²) >= 11 is 2.15. The van der Waals surface area contributed by atoms with Gasteiger partial charge in [-0.25, -0.2) is 0 Å². The van der Waals surface area contributed by atoms with Gasteiger partial charge >= 0.3 is 6.36 Å². The molecule has 0 amide bonds. The summed E-state index contributed by atoms with van der Waals surface area (Å²) in [6, 6.07) is 14.7. The molecule has 1 aliphatic rings. The van der Waals surface area contributed by atoms with E-state index in [1.54, 1.807) is 30.3 Å². The van der Waals surface area contributed by atoms with Crippen molar-refractivity contribution in [3.63, 3.8) is 0 Å². The number of halogens is 4. The molecular weight excluding hydrogens is 486 g/mol. The highest BCUT2D eigenvalue weighted by Crippen LogP contribution is 2.36. The fourth-order valence-corrected chi connectivity index (χ4v) is 3.17. The maximum Gasteiger partial charge on any atom is 0.573 e. The predicted molar refractivity (Wildman–Crippen MR) is 110 cm³/mol. The number of rotatable bonds is 5. The number of ether oxygens (including phenoxy) is 2. The van der Waals surface area contributed by atoms with Crippen LogP contribution >= 0.6 is 22.6 Å². The van der Waals surface area contributed by atoms with E-state index in [0.29, 0.717) is 25.3 Å². The van der Waals surface area contributed by atoms with Crippen molar-refractivity contribution in [2.75, 3.05) is 24.6 Å². The van der Waals surface area contributed by atoms with Crippen LogP contribution in [0.25, 0.3) is 0 Å². The summed E-state index contributed by atoms with van der Waals surface area (Å²) in [5, 5.41) is 14.6. The molecule has 1 heterocycles. The summed E-state index contributed by atoms with van der Waals surface area (Å²) in [6.07, 6.45) is -5.47. The molecule has 0 bridgehead atoms. The van der Waals surface area contributed by atoms with Crippen LogP contribution in [0.5, 0.6) is 5.75 Å². The number of alkyl halides is 4. The van der Waals surface area contributed by atoms with Gasteiger partial charge in [0.1, 0.15) is 17.5 Å². The minimum absolute atomic E-state index is 0.0738. The number of hydrogen-bond donors (Lipinski definition) is 2. The molecule has 0 aromatic heterocycles. The molecule has 4 nitrogen and oxygen atoms in total. The summed E-state index contributed by atoms with van der Waals surface area (Å²) in [6.45, 7) is 1.48. The molecule has 8 heteroatoms. The van der Waals surface area contributed by atoms with E-state index in [-0.39, 0.29) is 17.7 Å². The van der Waals surface area contributed by atoms with Crippen LogP contribution in [0.2, 0.25) is 0 Å². The third-order valence-corrected chi connectivity index (χ3v) is 4.39. The van der Waals surface area contributed by atoms with Gasteiger partial charge in [0, 0.05) is 19.5 Å². The SMILES string of the molecule is CI.O[C@](Cc1ccccc1OC(F)(F)F)(c1ccccc1)[C@H]1CNCCO1. The highest BCUT2D eigenvalue weighted by molar-refractivity contribution is 14.1.